The number of hydrogen-bond acceptors (Lipinski definition) is 10. The van der Waals surface area contributed by atoms with E-state index in [-0.39, 0.29) is 18.5 Å². The highest BCUT2D eigenvalue weighted by molar-refractivity contribution is 5.76. The summed E-state index contributed by atoms with van der Waals surface area (Å²) in [5.41, 5.74) is 0. The van der Waals surface area contributed by atoms with Crippen molar-refractivity contribution in [2.75, 3.05) is 19.8 Å². The van der Waals surface area contributed by atoms with Gasteiger partial charge in [-0.05, 0) is 57.8 Å². The molecule has 1 heterocycles. The molecule has 406 valence electrons. The number of aliphatic hydroxyl groups excluding tert-OH is 5. The summed E-state index contributed by atoms with van der Waals surface area (Å²) in [5, 5.41) is 54.2. The van der Waals surface area contributed by atoms with Gasteiger partial charge in [0.15, 0.2) is 6.29 Å². The van der Waals surface area contributed by atoms with Crippen LogP contribution in [-0.2, 0) is 23.8 Å². The molecule has 6 N–H and O–H groups in total. The minimum absolute atomic E-state index is 0.0223. The van der Waals surface area contributed by atoms with E-state index in [1.165, 1.54) is 173 Å². The monoisotopic (exact) mass is 980 g/mol. The van der Waals surface area contributed by atoms with Gasteiger partial charge in [-0.15, -0.1) is 0 Å². The van der Waals surface area contributed by atoms with E-state index in [1.807, 2.05) is 6.08 Å². The first-order chi connectivity index (χ1) is 33.7. The number of hydrogen-bond donors (Lipinski definition) is 6. The second-order valence-electron chi connectivity index (χ2n) is 20.3. The number of allylic oxidation sites excluding steroid dienone is 3. The van der Waals surface area contributed by atoms with E-state index in [4.69, 9.17) is 14.2 Å². The predicted octanol–water partition coefficient (Wildman–Crippen LogP) is 12.9. The van der Waals surface area contributed by atoms with Crippen LogP contribution < -0.4 is 5.32 Å². The number of carbonyl (C=O) groups is 2. The number of amides is 1. The molecule has 0 bridgehead atoms. The van der Waals surface area contributed by atoms with Crippen LogP contribution in [0.1, 0.15) is 271 Å². The number of unbranched alkanes of at least 4 members (excludes halogenated alkanes) is 34. The lowest BCUT2D eigenvalue weighted by atomic mass is 9.99. The van der Waals surface area contributed by atoms with Crippen LogP contribution in [0, 0.1) is 0 Å². The Morgan fingerprint density at radius 2 is 0.928 bits per heavy atom. The maximum atomic E-state index is 13.0. The van der Waals surface area contributed by atoms with Crippen LogP contribution in [0.5, 0.6) is 0 Å². The number of nitrogens with one attached hydrogen (secondary N) is 1. The molecule has 0 aromatic rings. The molecule has 1 aliphatic rings. The Morgan fingerprint density at radius 3 is 1.39 bits per heavy atom. The molecule has 1 saturated heterocycles. The van der Waals surface area contributed by atoms with Crippen molar-refractivity contribution in [2.45, 2.75) is 314 Å². The molecule has 7 atom stereocenters. The third-order valence-corrected chi connectivity index (χ3v) is 13.8. The van der Waals surface area contributed by atoms with Crippen LogP contribution >= 0.6 is 0 Å². The van der Waals surface area contributed by atoms with Crippen molar-refractivity contribution < 1.29 is 49.3 Å². The first-order valence-corrected chi connectivity index (χ1v) is 29.1. The van der Waals surface area contributed by atoms with Crippen LogP contribution in [0.3, 0.4) is 0 Å². The quantitative estimate of drug-likeness (QED) is 0.0196. The van der Waals surface area contributed by atoms with E-state index < -0.39 is 49.5 Å². The normalized spacial score (nSPS) is 19.4. The summed E-state index contributed by atoms with van der Waals surface area (Å²) in [6.45, 7) is 4.29. The largest absolute Gasteiger partial charge is 0.466 e. The first kappa shape index (κ1) is 65.2. The van der Waals surface area contributed by atoms with Crippen molar-refractivity contribution in [3.8, 4) is 0 Å². The molecule has 1 amide bonds. The fourth-order valence-corrected chi connectivity index (χ4v) is 9.13. The molecule has 7 unspecified atom stereocenters. The van der Waals surface area contributed by atoms with Crippen molar-refractivity contribution >= 4 is 11.9 Å². The van der Waals surface area contributed by atoms with Crippen LogP contribution in [0.4, 0.5) is 0 Å². The van der Waals surface area contributed by atoms with Gasteiger partial charge in [-0.25, -0.2) is 0 Å². The number of esters is 1. The fraction of sp³-hybridized carbons (Fsp3) is 0.897. The van der Waals surface area contributed by atoms with Gasteiger partial charge in [0.05, 0.1) is 32.0 Å². The number of ether oxygens (including phenoxy) is 3. The predicted molar refractivity (Wildman–Crippen MR) is 283 cm³/mol. The van der Waals surface area contributed by atoms with E-state index >= 15 is 0 Å². The van der Waals surface area contributed by atoms with Crippen molar-refractivity contribution in [2.24, 2.45) is 0 Å². The standard InChI is InChI=1S/C58H109NO10/c1-3-5-7-9-11-13-14-15-16-20-23-26-30-34-38-42-46-54(63)67-47-43-39-35-31-27-24-21-18-17-19-22-25-29-33-37-41-45-53(62)59-50(51(61)44-40-36-32-28-12-10-8-6-4-2)49-68-58-57(66)56(65)55(64)52(48-60)69-58/h16,20,40,44,50-52,55-58,60-61,64-66H,3-15,17-19,21-39,41-43,45-49H2,1-2H3,(H,59,62)/b20-16-,44-40+. The van der Waals surface area contributed by atoms with Gasteiger partial charge in [0.1, 0.15) is 24.4 Å². The molecular weight excluding hydrogens is 871 g/mol. The Balaban J connectivity index is 2.04. The molecule has 0 aromatic carbocycles. The molecule has 0 saturated carbocycles. The molecule has 0 aliphatic carbocycles. The maximum Gasteiger partial charge on any atom is 0.305 e. The Kier molecular flexibility index (Phi) is 45.7. The van der Waals surface area contributed by atoms with E-state index in [0.29, 0.717) is 19.4 Å². The van der Waals surface area contributed by atoms with Crippen molar-refractivity contribution in [1.82, 2.24) is 5.32 Å². The molecular formula is C58H109NO10. The molecule has 1 fully saturated rings. The van der Waals surface area contributed by atoms with Gasteiger partial charge in [-0.2, -0.15) is 0 Å². The number of aliphatic hydroxyl groups is 5. The molecule has 69 heavy (non-hydrogen) atoms. The van der Waals surface area contributed by atoms with Gasteiger partial charge >= 0.3 is 5.97 Å². The highest BCUT2D eigenvalue weighted by atomic mass is 16.7. The number of carbonyl (C=O) groups excluding carboxylic acids is 2. The second kappa shape index (κ2) is 48.4. The maximum absolute atomic E-state index is 13.0. The van der Waals surface area contributed by atoms with Gasteiger partial charge in [-0.3, -0.25) is 9.59 Å². The van der Waals surface area contributed by atoms with E-state index in [2.05, 4.69) is 31.3 Å². The summed E-state index contributed by atoms with van der Waals surface area (Å²) in [6.07, 6.45) is 47.0. The zero-order chi connectivity index (χ0) is 50.3. The number of rotatable bonds is 50. The van der Waals surface area contributed by atoms with E-state index in [9.17, 15) is 35.1 Å². The summed E-state index contributed by atoms with van der Waals surface area (Å²) in [5.74, 6) is -0.213. The first-order valence-electron chi connectivity index (χ1n) is 29.1. The van der Waals surface area contributed by atoms with E-state index in [1.54, 1.807) is 6.08 Å². The lowest BCUT2D eigenvalue weighted by molar-refractivity contribution is -0.302. The molecule has 11 nitrogen and oxygen atoms in total. The van der Waals surface area contributed by atoms with Gasteiger partial charge in [0.2, 0.25) is 5.91 Å². The fourth-order valence-electron chi connectivity index (χ4n) is 9.13. The Morgan fingerprint density at radius 1 is 0.522 bits per heavy atom. The average Bonchev–Trinajstić information content (AvgIpc) is 3.34. The lowest BCUT2D eigenvalue weighted by Crippen LogP contribution is -2.60. The third kappa shape index (κ3) is 38.4. The third-order valence-electron chi connectivity index (χ3n) is 13.8. The van der Waals surface area contributed by atoms with Gasteiger partial charge in [0.25, 0.3) is 0 Å². The zero-order valence-electron chi connectivity index (χ0n) is 44.5. The molecule has 1 aliphatic heterocycles. The molecule has 1 rings (SSSR count). The summed E-state index contributed by atoms with van der Waals surface area (Å²) < 4.78 is 16.7. The Bertz CT molecular complexity index is 1200. The average molecular weight is 981 g/mol. The zero-order valence-corrected chi connectivity index (χ0v) is 44.5. The highest BCUT2D eigenvalue weighted by Gasteiger charge is 2.44. The summed E-state index contributed by atoms with van der Waals surface area (Å²) >= 11 is 0. The van der Waals surface area contributed by atoms with Crippen molar-refractivity contribution in [3.05, 3.63) is 24.3 Å². The van der Waals surface area contributed by atoms with E-state index in [0.717, 1.165) is 70.6 Å². The highest BCUT2D eigenvalue weighted by Crippen LogP contribution is 2.23. The van der Waals surface area contributed by atoms with Crippen LogP contribution in [0.25, 0.3) is 0 Å². The minimum Gasteiger partial charge on any atom is -0.466 e. The molecule has 0 radical (unpaired) electrons. The smallest absolute Gasteiger partial charge is 0.305 e. The Hall–Kier alpha value is -1.86. The van der Waals surface area contributed by atoms with Crippen LogP contribution in [-0.4, -0.2) is 100 Å². The molecule has 0 aromatic heterocycles. The summed E-state index contributed by atoms with van der Waals surface area (Å²) in [7, 11) is 0. The summed E-state index contributed by atoms with van der Waals surface area (Å²) in [4.78, 5) is 25.1. The topological polar surface area (TPSA) is 175 Å². The molecule has 0 spiro atoms. The van der Waals surface area contributed by atoms with Crippen molar-refractivity contribution in [3.63, 3.8) is 0 Å². The summed E-state index contributed by atoms with van der Waals surface area (Å²) in [6, 6.07) is -0.813. The van der Waals surface area contributed by atoms with Gasteiger partial charge in [0, 0.05) is 12.8 Å². The SMILES string of the molecule is CCCCCCCCC/C=C\CCCCCCCC(=O)OCCCCCCCCCCCCCCCCCCC(=O)NC(COC1OC(CO)C(O)C(O)C1O)C(O)/C=C/CCCCCCCCC. The van der Waals surface area contributed by atoms with Crippen LogP contribution in [0.15, 0.2) is 24.3 Å². The Labute approximate surface area is 422 Å². The molecule has 11 heteroatoms. The van der Waals surface area contributed by atoms with Gasteiger partial charge in [-0.1, -0.05) is 224 Å². The minimum atomic E-state index is -1.57. The van der Waals surface area contributed by atoms with Crippen molar-refractivity contribution in [1.29, 1.82) is 0 Å². The van der Waals surface area contributed by atoms with Gasteiger partial charge < -0.3 is 45.1 Å². The second-order valence-corrected chi connectivity index (χ2v) is 20.3. The lowest BCUT2D eigenvalue weighted by Gasteiger charge is -2.40. The van der Waals surface area contributed by atoms with Crippen LogP contribution in [0.2, 0.25) is 0 Å².